The van der Waals surface area contributed by atoms with E-state index in [1.807, 2.05) is 24.3 Å². The van der Waals surface area contributed by atoms with Crippen molar-refractivity contribution in [3.63, 3.8) is 0 Å². The van der Waals surface area contributed by atoms with Crippen LogP contribution in [-0.4, -0.2) is 0 Å². The number of nitrogens with two attached hydrogens (primary N) is 1. The second-order valence-corrected chi connectivity index (χ2v) is 4.42. The van der Waals surface area contributed by atoms with E-state index in [0.717, 1.165) is 15.8 Å². The largest absolute Gasteiger partial charge is 0.488 e. The van der Waals surface area contributed by atoms with Gasteiger partial charge in [0, 0.05) is 11.3 Å². The van der Waals surface area contributed by atoms with Gasteiger partial charge in [0.05, 0.1) is 4.47 Å². The Morgan fingerprint density at radius 3 is 2.65 bits per heavy atom. The number of hydrogen-bond donors (Lipinski definition) is 1. The smallest absolute Gasteiger partial charge is 0.133 e. The lowest BCUT2D eigenvalue weighted by molar-refractivity contribution is 0.305. The van der Waals surface area contributed by atoms with Crippen molar-refractivity contribution in [2.45, 2.75) is 6.61 Å². The van der Waals surface area contributed by atoms with Gasteiger partial charge in [0.15, 0.2) is 0 Å². The molecule has 2 rings (SSSR count). The van der Waals surface area contributed by atoms with Crippen LogP contribution in [0, 0.1) is 5.82 Å². The number of ether oxygens (including phenoxy) is 1. The predicted molar refractivity (Wildman–Crippen MR) is 69.3 cm³/mol. The van der Waals surface area contributed by atoms with Gasteiger partial charge in [0.25, 0.3) is 0 Å². The summed E-state index contributed by atoms with van der Waals surface area (Å²) in [6.45, 7) is 0.314. The molecule has 0 aliphatic carbocycles. The minimum absolute atomic E-state index is 0.314. The van der Waals surface area contributed by atoms with Crippen molar-refractivity contribution in [2.75, 3.05) is 5.73 Å². The van der Waals surface area contributed by atoms with Crippen molar-refractivity contribution >= 4 is 21.6 Å². The van der Waals surface area contributed by atoms with Gasteiger partial charge < -0.3 is 10.5 Å². The second-order valence-electron chi connectivity index (χ2n) is 3.56. The molecule has 0 amide bonds. The van der Waals surface area contributed by atoms with E-state index in [2.05, 4.69) is 15.9 Å². The summed E-state index contributed by atoms with van der Waals surface area (Å²) in [6, 6.07) is 11.8. The van der Waals surface area contributed by atoms with E-state index in [1.165, 1.54) is 12.1 Å². The molecule has 0 unspecified atom stereocenters. The number of rotatable bonds is 3. The molecule has 0 saturated carbocycles. The van der Waals surface area contributed by atoms with E-state index in [-0.39, 0.29) is 5.82 Å². The Morgan fingerprint density at radius 1 is 1.18 bits per heavy atom. The Bertz CT molecular complexity index is 531. The first-order valence-electron chi connectivity index (χ1n) is 5.08. The molecule has 2 N–H and O–H groups in total. The molecular formula is C13H11BrFNO. The van der Waals surface area contributed by atoms with Crippen LogP contribution in [0.1, 0.15) is 5.56 Å². The van der Waals surface area contributed by atoms with Gasteiger partial charge in [-0.15, -0.1) is 0 Å². The molecule has 2 aromatic carbocycles. The predicted octanol–water partition coefficient (Wildman–Crippen LogP) is 3.75. The third kappa shape index (κ3) is 2.97. The van der Waals surface area contributed by atoms with E-state index < -0.39 is 0 Å². The highest BCUT2D eigenvalue weighted by atomic mass is 79.9. The van der Waals surface area contributed by atoms with Crippen molar-refractivity contribution in [3.05, 3.63) is 58.3 Å². The van der Waals surface area contributed by atoms with Crippen LogP contribution in [-0.2, 0) is 6.61 Å². The Balaban J connectivity index is 2.10. The molecule has 4 heteroatoms. The maximum atomic E-state index is 12.8. The lowest BCUT2D eigenvalue weighted by Crippen LogP contribution is -2.01. The highest BCUT2D eigenvalue weighted by Gasteiger charge is 2.03. The van der Waals surface area contributed by atoms with Crippen molar-refractivity contribution < 1.29 is 9.13 Å². The van der Waals surface area contributed by atoms with Gasteiger partial charge in [-0.05, 0) is 40.2 Å². The molecule has 0 spiro atoms. The molecule has 17 heavy (non-hydrogen) atoms. The van der Waals surface area contributed by atoms with Gasteiger partial charge in [-0.3, -0.25) is 0 Å². The molecule has 0 fully saturated rings. The van der Waals surface area contributed by atoms with Crippen molar-refractivity contribution in [1.29, 1.82) is 0 Å². The van der Waals surface area contributed by atoms with Gasteiger partial charge >= 0.3 is 0 Å². The molecular weight excluding hydrogens is 285 g/mol. The van der Waals surface area contributed by atoms with E-state index >= 15 is 0 Å². The fraction of sp³-hybridized carbons (Fsp3) is 0.0769. The van der Waals surface area contributed by atoms with Crippen molar-refractivity contribution in [2.24, 2.45) is 0 Å². The zero-order chi connectivity index (χ0) is 12.3. The zero-order valence-corrected chi connectivity index (χ0v) is 10.6. The van der Waals surface area contributed by atoms with Crippen molar-refractivity contribution in [3.8, 4) is 5.75 Å². The summed E-state index contributed by atoms with van der Waals surface area (Å²) < 4.78 is 19.3. The van der Waals surface area contributed by atoms with E-state index in [4.69, 9.17) is 10.5 Å². The highest BCUT2D eigenvalue weighted by molar-refractivity contribution is 9.10. The summed E-state index contributed by atoms with van der Waals surface area (Å²) in [7, 11) is 0. The fourth-order valence-electron chi connectivity index (χ4n) is 1.41. The number of anilines is 1. The van der Waals surface area contributed by atoms with Crippen LogP contribution in [0.3, 0.4) is 0 Å². The average molecular weight is 296 g/mol. The van der Waals surface area contributed by atoms with Gasteiger partial charge in [-0.1, -0.05) is 18.2 Å². The van der Waals surface area contributed by atoms with Crippen LogP contribution in [0.5, 0.6) is 5.75 Å². The van der Waals surface area contributed by atoms with Crippen molar-refractivity contribution in [1.82, 2.24) is 0 Å². The summed E-state index contributed by atoms with van der Waals surface area (Å²) in [4.78, 5) is 0. The summed E-state index contributed by atoms with van der Waals surface area (Å²) in [5.41, 5.74) is 6.86. The van der Waals surface area contributed by atoms with E-state index in [9.17, 15) is 4.39 Å². The lowest BCUT2D eigenvalue weighted by atomic mass is 10.2. The number of para-hydroxylation sites is 1. The first kappa shape index (κ1) is 11.9. The standard InChI is InChI=1S/C13H11BrFNO/c14-11-3-1-2-4-13(11)17-8-9-5-6-10(15)7-12(9)16/h1-7H,8,16H2. The number of nitrogen functional groups attached to an aromatic ring is 1. The quantitative estimate of drug-likeness (QED) is 0.875. The fourth-order valence-corrected chi connectivity index (χ4v) is 1.81. The molecule has 0 saturated heterocycles. The maximum Gasteiger partial charge on any atom is 0.133 e. The van der Waals surface area contributed by atoms with Gasteiger partial charge in [0.1, 0.15) is 18.2 Å². The van der Waals surface area contributed by atoms with Crippen LogP contribution >= 0.6 is 15.9 Å². The topological polar surface area (TPSA) is 35.2 Å². The molecule has 0 atom stereocenters. The molecule has 0 aliphatic heterocycles. The summed E-state index contributed by atoms with van der Waals surface area (Å²) in [5.74, 6) is 0.392. The van der Waals surface area contributed by atoms with Crippen LogP contribution in [0.2, 0.25) is 0 Å². The minimum atomic E-state index is -0.341. The van der Waals surface area contributed by atoms with E-state index in [0.29, 0.717) is 12.3 Å². The highest BCUT2D eigenvalue weighted by Crippen LogP contribution is 2.25. The average Bonchev–Trinajstić information content (AvgIpc) is 2.30. The first-order chi connectivity index (χ1) is 8.16. The summed E-state index contributed by atoms with van der Waals surface area (Å²) in [5, 5.41) is 0. The normalized spacial score (nSPS) is 10.2. The van der Waals surface area contributed by atoms with Crippen LogP contribution in [0.25, 0.3) is 0 Å². The molecule has 0 radical (unpaired) electrons. The molecule has 0 aliphatic rings. The SMILES string of the molecule is Nc1cc(F)ccc1COc1ccccc1Br. The third-order valence-corrected chi connectivity index (χ3v) is 2.98. The first-order valence-corrected chi connectivity index (χ1v) is 5.87. The number of halogens is 2. The molecule has 88 valence electrons. The maximum absolute atomic E-state index is 12.8. The summed E-state index contributed by atoms with van der Waals surface area (Å²) in [6.07, 6.45) is 0. The lowest BCUT2D eigenvalue weighted by Gasteiger charge is -2.09. The molecule has 0 heterocycles. The van der Waals surface area contributed by atoms with Gasteiger partial charge in [-0.25, -0.2) is 4.39 Å². The Labute approximate surface area is 107 Å². The van der Waals surface area contributed by atoms with Crippen LogP contribution in [0.15, 0.2) is 46.9 Å². The summed E-state index contributed by atoms with van der Waals surface area (Å²) >= 11 is 3.38. The van der Waals surface area contributed by atoms with Gasteiger partial charge in [0.2, 0.25) is 0 Å². The molecule has 0 bridgehead atoms. The number of hydrogen-bond acceptors (Lipinski definition) is 2. The third-order valence-electron chi connectivity index (χ3n) is 2.33. The Kier molecular flexibility index (Phi) is 3.64. The molecule has 0 aromatic heterocycles. The molecule has 2 aromatic rings. The zero-order valence-electron chi connectivity index (χ0n) is 8.99. The minimum Gasteiger partial charge on any atom is -0.488 e. The Hall–Kier alpha value is -1.55. The number of benzene rings is 2. The monoisotopic (exact) mass is 295 g/mol. The molecule has 2 nitrogen and oxygen atoms in total. The van der Waals surface area contributed by atoms with Crippen LogP contribution < -0.4 is 10.5 Å². The van der Waals surface area contributed by atoms with Crippen LogP contribution in [0.4, 0.5) is 10.1 Å². The Morgan fingerprint density at radius 2 is 1.94 bits per heavy atom. The second kappa shape index (κ2) is 5.19. The van der Waals surface area contributed by atoms with E-state index in [1.54, 1.807) is 6.07 Å². The van der Waals surface area contributed by atoms with Gasteiger partial charge in [-0.2, -0.15) is 0 Å².